The summed E-state index contributed by atoms with van der Waals surface area (Å²) in [6.07, 6.45) is 1.99. The first-order chi connectivity index (χ1) is 16.4. The van der Waals surface area contributed by atoms with Crippen LogP contribution in [0.1, 0.15) is 48.2 Å². The molecule has 2 aromatic rings. The molecule has 1 atom stereocenters. The van der Waals surface area contributed by atoms with Crippen LogP contribution in [0, 0.1) is 12.8 Å². The minimum absolute atomic E-state index is 0.0148. The van der Waals surface area contributed by atoms with Crippen molar-refractivity contribution in [3.63, 3.8) is 0 Å². The van der Waals surface area contributed by atoms with E-state index in [1.54, 1.807) is 6.07 Å². The number of rotatable bonds is 11. The van der Waals surface area contributed by atoms with Gasteiger partial charge in [-0.15, -0.1) is 0 Å². The van der Waals surface area contributed by atoms with Crippen molar-refractivity contribution >= 4 is 11.8 Å². The zero-order valence-corrected chi connectivity index (χ0v) is 20.9. The molecule has 0 saturated carbocycles. The fourth-order valence-electron chi connectivity index (χ4n) is 4.34. The number of hydrogen-bond acceptors (Lipinski definition) is 4. The summed E-state index contributed by atoms with van der Waals surface area (Å²) in [5, 5.41) is 5.93. The number of nitrogens with zero attached hydrogens (tertiary/aromatic N) is 2. The molecule has 1 fully saturated rings. The number of unbranched alkanes of at least 4 members (excludes halogenated alkanes) is 1. The van der Waals surface area contributed by atoms with Crippen molar-refractivity contribution in [3.05, 3.63) is 71.3 Å². The number of benzene rings is 2. The van der Waals surface area contributed by atoms with E-state index in [9.17, 15) is 9.59 Å². The van der Waals surface area contributed by atoms with Gasteiger partial charge >= 0.3 is 0 Å². The zero-order chi connectivity index (χ0) is 24.3. The number of nitrogens with one attached hydrogen (secondary N) is 2. The van der Waals surface area contributed by atoms with Crippen molar-refractivity contribution in [1.29, 1.82) is 0 Å². The summed E-state index contributed by atoms with van der Waals surface area (Å²) in [5.74, 6) is -0.296. The van der Waals surface area contributed by atoms with Crippen LogP contribution in [0.4, 0.5) is 0 Å². The van der Waals surface area contributed by atoms with Crippen LogP contribution in [-0.4, -0.2) is 66.9 Å². The average Bonchev–Trinajstić information content (AvgIpc) is 2.83. The Hall–Kier alpha value is -2.70. The minimum atomic E-state index is -0.536. The predicted octanol–water partition coefficient (Wildman–Crippen LogP) is 3.46. The molecule has 1 aliphatic rings. The van der Waals surface area contributed by atoms with Gasteiger partial charge in [-0.05, 0) is 49.9 Å². The smallest absolute Gasteiger partial charge is 0.251 e. The SMILES string of the molecule is Cc1cccc(C(=O)NC(C(=O)NCCCCN2CCN(Cc3ccccc3)CC2)C(C)C)c1. The van der Waals surface area contributed by atoms with Gasteiger partial charge in [0.1, 0.15) is 6.04 Å². The third kappa shape index (κ3) is 8.26. The molecule has 2 aromatic carbocycles. The number of hydrogen-bond donors (Lipinski definition) is 2. The maximum atomic E-state index is 12.7. The molecule has 184 valence electrons. The second-order valence-electron chi connectivity index (χ2n) is 9.67. The molecule has 34 heavy (non-hydrogen) atoms. The molecule has 2 N–H and O–H groups in total. The van der Waals surface area contributed by atoms with Gasteiger partial charge in [0.05, 0.1) is 0 Å². The maximum absolute atomic E-state index is 12.7. The molecule has 0 aromatic heterocycles. The van der Waals surface area contributed by atoms with Crippen LogP contribution >= 0.6 is 0 Å². The molecular weight excluding hydrogens is 424 g/mol. The van der Waals surface area contributed by atoms with Crippen LogP contribution in [0.2, 0.25) is 0 Å². The number of amides is 2. The monoisotopic (exact) mass is 464 g/mol. The Morgan fingerprint density at radius 1 is 0.912 bits per heavy atom. The molecular formula is C28H40N4O2. The number of aryl methyl sites for hydroxylation is 1. The maximum Gasteiger partial charge on any atom is 0.251 e. The van der Waals surface area contributed by atoms with E-state index in [-0.39, 0.29) is 17.7 Å². The summed E-state index contributed by atoms with van der Waals surface area (Å²) in [7, 11) is 0. The number of carbonyl (C=O) groups is 2. The van der Waals surface area contributed by atoms with Crippen LogP contribution in [0.3, 0.4) is 0 Å². The van der Waals surface area contributed by atoms with Gasteiger partial charge in [-0.3, -0.25) is 14.5 Å². The van der Waals surface area contributed by atoms with Crippen LogP contribution in [0.25, 0.3) is 0 Å². The van der Waals surface area contributed by atoms with E-state index >= 15 is 0 Å². The van der Waals surface area contributed by atoms with Crippen LogP contribution in [-0.2, 0) is 11.3 Å². The Kier molecular flexibility index (Phi) is 10.1. The Morgan fingerprint density at radius 3 is 2.29 bits per heavy atom. The first-order valence-electron chi connectivity index (χ1n) is 12.6. The second kappa shape index (κ2) is 13.3. The summed E-state index contributed by atoms with van der Waals surface area (Å²) in [6, 6.07) is 17.5. The van der Waals surface area contributed by atoms with Crippen molar-refractivity contribution < 1.29 is 9.59 Å². The predicted molar refractivity (Wildman–Crippen MR) is 138 cm³/mol. The molecule has 6 nitrogen and oxygen atoms in total. The summed E-state index contributed by atoms with van der Waals surface area (Å²) >= 11 is 0. The highest BCUT2D eigenvalue weighted by molar-refractivity contribution is 5.97. The van der Waals surface area contributed by atoms with Gasteiger partial charge in [-0.25, -0.2) is 0 Å². The highest BCUT2D eigenvalue weighted by Gasteiger charge is 2.24. The van der Waals surface area contributed by atoms with Gasteiger partial charge in [0.15, 0.2) is 0 Å². The lowest BCUT2D eigenvalue weighted by molar-refractivity contribution is -0.123. The standard InChI is InChI=1S/C28H40N4O2/c1-22(2)26(30-27(33)25-13-9-10-23(3)20-25)28(34)29-14-7-8-15-31-16-18-32(19-17-31)21-24-11-5-4-6-12-24/h4-6,9-13,20,22,26H,7-8,14-19,21H2,1-3H3,(H,29,34)(H,30,33). The van der Waals surface area contributed by atoms with Gasteiger partial charge in [0.2, 0.25) is 5.91 Å². The van der Waals surface area contributed by atoms with Crippen LogP contribution < -0.4 is 10.6 Å². The van der Waals surface area contributed by atoms with Crippen LogP contribution in [0.15, 0.2) is 54.6 Å². The number of carbonyl (C=O) groups excluding carboxylic acids is 2. The first kappa shape index (κ1) is 25.9. The third-order valence-electron chi connectivity index (χ3n) is 6.43. The molecule has 1 unspecified atom stereocenters. The van der Waals surface area contributed by atoms with Gasteiger partial charge in [-0.1, -0.05) is 61.9 Å². The fraction of sp³-hybridized carbons (Fsp3) is 0.500. The molecule has 1 aliphatic heterocycles. The fourth-order valence-corrected chi connectivity index (χ4v) is 4.34. The highest BCUT2D eigenvalue weighted by Crippen LogP contribution is 2.10. The Bertz CT molecular complexity index is 908. The largest absolute Gasteiger partial charge is 0.354 e. The zero-order valence-electron chi connectivity index (χ0n) is 20.9. The lowest BCUT2D eigenvalue weighted by Crippen LogP contribution is -2.50. The topological polar surface area (TPSA) is 64.7 Å². The third-order valence-corrected chi connectivity index (χ3v) is 6.43. The molecule has 0 radical (unpaired) electrons. The minimum Gasteiger partial charge on any atom is -0.354 e. The normalized spacial score (nSPS) is 15.8. The second-order valence-corrected chi connectivity index (χ2v) is 9.67. The van der Waals surface area contributed by atoms with E-state index < -0.39 is 6.04 Å². The first-order valence-corrected chi connectivity index (χ1v) is 12.6. The molecule has 3 rings (SSSR count). The number of piperazine rings is 1. The Labute approximate surface area is 204 Å². The molecule has 6 heteroatoms. The van der Waals surface area contributed by atoms with Crippen molar-refractivity contribution in [2.75, 3.05) is 39.3 Å². The van der Waals surface area contributed by atoms with E-state index in [1.165, 1.54) is 5.56 Å². The van der Waals surface area contributed by atoms with Crippen molar-refractivity contribution in [2.24, 2.45) is 5.92 Å². The van der Waals surface area contributed by atoms with Gasteiger partial charge in [0.25, 0.3) is 5.91 Å². The molecule has 1 heterocycles. The Balaban J connectivity index is 1.32. The van der Waals surface area contributed by atoms with E-state index in [1.807, 2.05) is 39.0 Å². The van der Waals surface area contributed by atoms with Crippen molar-refractivity contribution in [2.45, 2.75) is 46.2 Å². The Morgan fingerprint density at radius 2 is 1.62 bits per heavy atom. The molecule has 0 aliphatic carbocycles. The summed E-state index contributed by atoms with van der Waals surface area (Å²) in [5.41, 5.74) is 2.99. The highest BCUT2D eigenvalue weighted by atomic mass is 16.2. The van der Waals surface area contributed by atoms with E-state index in [0.29, 0.717) is 12.1 Å². The molecule has 2 amide bonds. The van der Waals surface area contributed by atoms with E-state index in [2.05, 4.69) is 50.8 Å². The van der Waals surface area contributed by atoms with Crippen molar-refractivity contribution in [1.82, 2.24) is 20.4 Å². The summed E-state index contributed by atoms with van der Waals surface area (Å²) in [4.78, 5) is 30.4. The summed E-state index contributed by atoms with van der Waals surface area (Å²) < 4.78 is 0. The lowest BCUT2D eigenvalue weighted by atomic mass is 10.0. The lowest BCUT2D eigenvalue weighted by Gasteiger charge is -2.34. The van der Waals surface area contributed by atoms with E-state index in [4.69, 9.17) is 0 Å². The molecule has 1 saturated heterocycles. The summed E-state index contributed by atoms with van der Waals surface area (Å²) in [6.45, 7) is 13.0. The van der Waals surface area contributed by atoms with Gasteiger partial charge in [-0.2, -0.15) is 0 Å². The van der Waals surface area contributed by atoms with Gasteiger partial charge in [0, 0.05) is 44.8 Å². The average molecular weight is 465 g/mol. The molecule has 0 bridgehead atoms. The quantitative estimate of drug-likeness (QED) is 0.500. The van der Waals surface area contributed by atoms with Crippen LogP contribution in [0.5, 0.6) is 0 Å². The van der Waals surface area contributed by atoms with E-state index in [0.717, 1.165) is 57.7 Å². The van der Waals surface area contributed by atoms with Gasteiger partial charge < -0.3 is 15.5 Å². The van der Waals surface area contributed by atoms with Crippen molar-refractivity contribution in [3.8, 4) is 0 Å². The molecule has 0 spiro atoms.